The monoisotopic (exact) mass is 258 g/mol. The van der Waals surface area contributed by atoms with Crippen LogP contribution < -0.4 is 5.32 Å². The lowest BCUT2D eigenvalue weighted by atomic mass is 10.1. The number of cyclic esters (lactones) is 1. The zero-order valence-electron chi connectivity index (χ0n) is 11.3. The third-order valence-electron chi connectivity index (χ3n) is 2.92. The van der Waals surface area contributed by atoms with E-state index in [1.807, 2.05) is 6.92 Å². The molecule has 1 fully saturated rings. The molecule has 1 saturated heterocycles. The lowest BCUT2D eigenvalue weighted by Crippen LogP contribution is -2.42. The van der Waals surface area contributed by atoms with Crippen molar-refractivity contribution in [2.45, 2.75) is 31.9 Å². The standard InChI is InChI=1S/C12H22N2O4/c1-9-7-10(12(16)18-9)14(2)8-11(15)13-5-4-6-17-3/h9-10H,4-8H2,1-3H3,(H,13,15). The predicted molar refractivity (Wildman–Crippen MR) is 66.1 cm³/mol. The lowest BCUT2D eigenvalue weighted by Gasteiger charge is -2.20. The van der Waals surface area contributed by atoms with Crippen LogP contribution in [0.5, 0.6) is 0 Å². The minimum Gasteiger partial charge on any atom is -0.461 e. The van der Waals surface area contributed by atoms with Crippen molar-refractivity contribution in [2.24, 2.45) is 0 Å². The van der Waals surface area contributed by atoms with E-state index in [9.17, 15) is 9.59 Å². The molecule has 0 aromatic heterocycles. The van der Waals surface area contributed by atoms with E-state index >= 15 is 0 Å². The number of amides is 1. The highest BCUT2D eigenvalue weighted by molar-refractivity contribution is 5.81. The van der Waals surface area contributed by atoms with E-state index in [2.05, 4.69) is 5.32 Å². The molecule has 1 aliphatic rings. The third-order valence-corrected chi connectivity index (χ3v) is 2.92. The van der Waals surface area contributed by atoms with E-state index in [1.165, 1.54) is 0 Å². The molecule has 1 N–H and O–H groups in total. The van der Waals surface area contributed by atoms with E-state index in [4.69, 9.17) is 9.47 Å². The van der Waals surface area contributed by atoms with Gasteiger partial charge in [0.25, 0.3) is 0 Å². The van der Waals surface area contributed by atoms with Crippen LogP contribution in [0.15, 0.2) is 0 Å². The Morgan fingerprint density at radius 3 is 2.89 bits per heavy atom. The average Bonchev–Trinajstić information content (AvgIpc) is 2.64. The van der Waals surface area contributed by atoms with Crippen LogP contribution >= 0.6 is 0 Å². The number of nitrogens with zero attached hydrogens (tertiary/aromatic N) is 1. The van der Waals surface area contributed by atoms with Gasteiger partial charge in [-0.3, -0.25) is 14.5 Å². The van der Waals surface area contributed by atoms with Crippen LogP contribution in [-0.2, 0) is 19.1 Å². The van der Waals surface area contributed by atoms with E-state index in [1.54, 1.807) is 19.1 Å². The number of carbonyl (C=O) groups is 2. The number of methoxy groups -OCH3 is 1. The highest BCUT2D eigenvalue weighted by Gasteiger charge is 2.35. The topological polar surface area (TPSA) is 67.9 Å². The highest BCUT2D eigenvalue weighted by atomic mass is 16.6. The van der Waals surface area contributed by atoms with Gasteiger partial charge in [-0.05, 0) is 20.4 Å². The Kier molecular flexibility index (Phi) is 6.07. The van der Waals surface area contributed by atoms with Crippen LogP contribution in [0.4, 0.5) is 0 Å². The number of carbonyl (C=O) groups excluding carboxylic acids is 2. The molecule has 0 saturated carbocycles. The summed E-state index contributed by atoms with van der Waals surface area (Å²) in [6, 6.07) is -0.301. The van der Waals surface area contributed by atoms with Crippen molar-refractivity contribution in [3.05, 3.63) is 0 Å². The first-order valence-electron chi connectivity index (χ1n) is 6.21. The van der Waals surface area contributed by atoms with Gasteiger partial charge < -0.3 is 14.8 Å². The summed E-state index contributed by atoms with van der Waals surface area (Å²) in [5, 5.41) is 2.79. The molecule has 1 rings (SSSR count). The van der Waals surface area contributed by atoms with Gasteiger partial charge in [-0.1, -0.05) is 0 Å². The van der Waals surface area contributed by atoms with Crippen LogP contribution in [0, 0.1) is 0 Å². The highest BCUT2D eigenvalue weighted by Crippen LogP contribution is 2.18. The Morgan fingerprint density at radius 2 is 2.33 bits per heavy atom. The zero-order chi connectivity index (χ0) is 13.5. The van der Waals surface area contributed by atoms with Gasteiger partial charge in [-0.2, -0.15) is 0 Å². The van der Waals surface area contributed by atoms with E-state index < -0.39 is 0 Å². The molecule has 1 aliphatic heterocycles. The fraction of sp³-hybridized carbons (Fsp3) is 0.833. The molecular formula is C12H22N2O4. The Balaban J connectivity index is 2.24. The number of nitrogens with one attached hydrogen (secondary N) is 1. The van der Waals surface area contributed by atoms with Crippen LogP contribution in [0.1, 0.15) is 19.8 Å². The summed E-state index contributed by atoms with van der Waals surface area (Å²) >= 11 is 0. The second-order valence-corrected chi connectivity index (χ2v) is 4.61. The van der Waals surface area contributed by atoms with E-state index in [0.29, 0.717) is 19.6 Å². The second kappa shape index (κ2) is 7.33. The molecule has 18 heavy (non-hydrogen) atoms. The second-order valence-electron chi connectivity index (χ2n) is 4.61. The molecule has 2 unspecified atom stereocenters. The minimum absolute atomic E-state index is 0.0604. The Morgan fingerprint density at radius 1 is 1.61 bits per heavy atom. The van der Waals surface area contributed by atoms with E-state index in [0.717, 1.165) is 6.42 Å². The summed E-state index contributed by atoms with van der Waals surface area (Å²) in [7, 11) is 3.39. The molecule has 104 valence electrons. The molecule has 0 aliphatic carbocycles. The van der Waals surface area contributed by atoms with Crippen LogP contribution in [-0.4, -0.2) is 62.8 Å². The Bertz CT molecular complexity index is 296. The van der Waals surface area contributed by atoms with Crippen molar-refractivity contribution in [3.63, 3.8) is 0 Å². The number of hydrogen-bond acceptors (Lipinski definition) is 5. The molecular weight excluding hydrogens is 236 g/mol. The number of ether oxygens (including phenoxy) is 2. The fourth-order valence-electron chi connectivity index (χ4n) is 1.93. The average molecular weight is 258 g/mol. The molecule has 0 bridgehead atoms. The molecule has 0 aromatic carbocycles. The van der Waals surface area contributed by atoms with Crippen molar-refractivity contribution < 1.29 is 19.1 Å². The smallest absolute Gasteiger partial charge is 0.323 e. The summed E-state index contributed by atoms with van der Waals surface area (Å²) in [5.74, 6) is -0.321. The van der Waals surface area contributed by atoms with Crippen molar-refractivity contribution in [1.82, 2.24) is 10.2 Å². The molecule has 6 nitrogen and oxygen atoms in total. The van der Waals surface area contributed by atoms with Crippen molar-refractivity contribution in [2.75, 3.05) is 33.9 Å². The minimum atomic E-state index is -0.301. The van der Waals surface area contributed by atoms with Crippen LogP contribution in [0.25, 0.3) is 0 Å². The summed E-state index contributed by atoms with van der Waals surface area (Å²) in [6.07, 6.45) is 1.37. The van der Waals surface area contributed by atoms with Gasteiger partial charge in [0.05, 0.1) is 6.54 Å². The van der Waals surface area contributed by atoms with Gasteiger partial charge >= 0.3 is 5.97 Å². The quantitative estimate of drug-likeness (QED) is 0.505. The third kappa shape index (κ3) is 4.62. The molecule has 0 aromatic rings. The SMILES string of the molecule is COCCCNC(=O)CN(C)C1CC(C)OC1=O. The molecule has 6 heteroatoms. The first-order valence-corrected chi connectivity index (χ1v) is 6.21. The first kappa shape index (κ1) is 14.9. The molecule has 0 radical (unpaired) electrons. The van der Waals surface area contributed by atoms with Crippen molar-refractivity contribution in [1.29, 1.82) is 0 Å². The van der Waals surface area contributed by atoms with Gasteiger partial charge in [0.15, 0.2) is 0 Å². The maximum absolute atomic E-state index is 11.6. The largest absolute Gasteiger partial charge is 0.461 e. The van der Waals surface area contributed by atoms with Gasteiger partial charge in [0, 0.05) is 26.7 Å². The molecule has 2 atom stereocenters. The fourth-order valence-corrected chi connectivity index (χ4v) is 1.93. The molecule has 1 amide bonds. The normalized spacial score (nSPS) is 23.2. The predicted octanol–water partition coefficient (Wildman–Crippen LogP) is -0.225. The van der Waals surface area contributed by atoms with E-state index in [-0.39, 0.29) is 30.6 Å². The zero-order valence-corrected chi connectivity index (χ0v) is 11.3. The summed E-state index contributed by atoms with van der Waals surface area (Å²) < 4.78 is 9.95. The number of hydrogen-bond donors (Lipinski definition) is 1. The summed E-state index contributed by atoms with van der Waals surface area (Å²) in [6.45, 7) is 3.28. The van der Waals surface area contributed by atoms with Gasteiger partial charge in [-0.15, -0.1) is 0 Å². The van der Waals surface area contributed by atoms with Crippen LogP contribution in [0.3, 0.4) is 0 Å². The van der Waals surface area contributed by atoms with Crippen molar-refractivity contribution >= 4 is 11.9 Å². The summed E-state index contributed by atoms with van der Waals surface area (Å²) in [5.41, 5.74) is 0. The number of rotatable bonds is 7. The number of likely N-dealkylation sites (N-methyl/N-ethyl adjacent to an activating group) is 1. The van der Waals surface area contributed by atoms with Crippen molar-refractivity contribution in [3.8, 4) is 0 Å². The maximum Gasteiger partial charge on any atom is 0.323 e. The summed E-state index contributed by atoms with van der Waals surface area (Å²) in [4.78, 5) is 24.8. The molecule has 1 heterocycles. The Labute approximate surface area is 108 Å². The molecule has 0 spiro atoms. The van der Waals surface area contributed by atoms with Gasteiger partial charge in [-0.25, -0.2) is 0 Å². The van der Waals surface area contributed by atoms with Crippen LogP contribution in [0.2, 0.25) is 0 Å². The number of esters is 1. The Hall–Kier alpha value is -1.14. The maximum atomic E-state index is 11.6. The lowest BCUT2D eigenvalue weighted by molar-refractivity contribution is -0.144. The van der Waals surface area contributed by atoms with Gasteiger partial charge in [0.1, 0.15) is 12.1 Å². The van der Waals surface area contributed by atoms with Gasteiger partial charge in [0.2, 0.25) is 5.91 Å². The first-order chi connectivity index (χ1) is 8.54.